The summed E-state index contributed by atoms with van der Waals surface area (Å²) in [6.07, 6.45) is 0.616. The molecule has 0 unspecified atom stereocenters. The van der Waals surface area contributed by atoms with Crippen molar-refractivity contribution in [3.63, 3.8) is 0 Å². The second-order valence-corrected chi connectivity index (χ2v) is 12.1. The van der Waals surface area contributed by atoms with E-state index in [1.807, 2.05) is 24.3 Å². The molecule has 0 spiro atoms. The lowest BCUT2D eigenvalue weighted by Gasteiger charge is -2.36. The van der Waals surface area contributed by atoms with Gasteiger partial charge in [0, 0.05) is 11.5 Å². The Morgan fingerprint density at radius 3 is 2.25 bits per heavy atom. The van der Waals surface area contributed by atoms with Crippen LogP contribution in [0.15, 0.2) is 29.4 Å². The van der Waals surface area contributed by atoms with Gasteiger partial charge in [0.1, 0.15) is 11.5 Å². The summed E-state index contributed by atoms with van der Waals surface area (Å²) in [6.45, 7) is 11.9. The van der Waals surface area contributed by atoms with E-state index in [2.05, 4.69) is 43.9 Å². The van der Waals surface area contributed by atoms with Gasteiger partial charge in [-0.3, -0.25) is 0 Å². The van der Waals surface area contributed by atoms with Crippen molar-refractivity contribution in [1.29, 1.82) is 0 Å². The lowest BCUT2D eigenvalue weighted by atomic mass is 10.2. The summed E-state index contributed by atoms with van der Waals surface area (Å²) in [4.78, 5) is 2.94. The third-order valence-electron chi connectivity index (χ3n) is 4.44. The van der Waals surface area contributed by atoms with E-state index in [1.54, 1.807) is 7.11 Å². The third-order valence-corrected chi connectivity index (χ3v) is 8.94. The van der Waals surface area contributed by atoms with Crippen LogP contribution in [-0.4, -0.2) is 34.7 Å². The van der Waals surface area contributed by atoms with Crippen LogP contribution < -0.4 is 9.47 Å². The monoisotopic (exact) mass is 351 g/mol. The van der Waals surface area contributed by atoms with Crippen LogP contribution in [0.1, 0.15) is 27.2 Å². The molecule has 0 radical (unpaired) electrons. The summed E-state index contributed by atoms with van der Waals surface area (Å²) >= 11 is 0. The Hall–Kier alpha value is -1.69. The largest absolute Gasteiger partial charge is 0.497 e. The maximum atomic E-state index is 8.76. The lowest BCUT2D eigenvalue weighted by Crippen LogP contribution is -2.42. The molecule has 1 atom stereocenters. The molecule has 0 saturated carbocycles. The number of methoxy groups -OCH3 is 1. The highest BCUT2D eigenvalue weighted by Crippen LogP contribution is 2.36. The molecule has 0 aliphatic carbocycles. The Labute approximate surface area is 145 Å². The fraction of sp³-hybridized carbons (Fsp3) is 0.647. The molecule has 0 aromatic heterocycles. The van der Waals surface area contributed by atoms with Crippen LogP contribution in [0.25, 0.3) is 10.4 Å². The quantitative estimate of drug-likeness (QED) is 0.267. The molecule has 24 heavy (non-hydrogen) atoms. The van der Waals surface area contributed by atoms with Gasteiger partial charge >= 0.3 is 0 Å². The average molecular weight is 352 g/mol. The van der Waals surface area contributed by atoms with Gasteiger partial charge in [0.25, 0.3) is 0 Å². The number of hydrogen-bond acceptors (Lipinski definition) is 4. The van der Waals surface area contributed by atoms with Gasteiger partial charge in [0.15, 0.2) is 8.32 Å². The van der Waals surface area contributed by atoms with Crippen LogP contribution in [0.4, 0.5) is 0 Å². The zero-order valence-electron chi connectivity index (χ0n) is 15.6. The van der Waals surface area contributed by atoms with E-state index in [0.717, 1.165) is 11.5 Å². The Morgan fingerprint density at radius 1 is 1.17 bits per heavy atom. The first kappa shape index (κ1) is 20.4. The van der Waals surface area contributed by atoms with Gasteiger partial charge in [-0.05, 0) is 54.3 Å². The maximum absolute atomic E-state index is 8.76. The fourth-order valence-corrected chi connectivity index (χ4v) is 2.80. The van der Waals surface area contributed by atoms with Gasteiger partial charge in [-0.15, -0.1) is 0 Å². The number of rotatable bonds is 9. The molecule has 1 aromatic rings. The molecular weight excluding hydrogens is 322 g/mol. The molecular formula is C17H29N3O3Si. The van der Waals surface area contributed by atoms with Crippen molar-refractivity contribution in [3.05, 3.63) is 34.7 Å². The van der Waals surface area contributed by atoms with Gasteiger partial charge < -0.3 is 13.9 Å². The van der Waals surface area contributed by atoms with Crippen molar-refractivity contribution in [2.75, 3.05) is 20.3 Å². The zero-order chi connectivity index (χ0) is 18.2. The molecule has 134 valence electrons. The molecule has 0 N–H and O–H groups in total. The number of benzene rings is 1. The van der Waals surface area contributed by atoms with Gasteiger partial charge in [-0.25, -0.2) is 0 Å². The summed E-state index contributed by atoms with van der Waals surface area (Å²) in [5.41, 5.74) is 8.76. The number of nitrogens with zero attached hydrogens (tertiary/aromatic N) is 3. The minimum Gasteiger partial charge on any atom is -0.497 e. The Bertz CT molecular complexity index is 549. The van der Waals surface area contributed by atoms with Gasteiger partial charge in [-0.2, -0.15) is 0 Å². The summed E-state index contributed by atoms with van der Waals surface area (Å²) in [6, 6.07) is 7.19. The number of hydrogen-bond donors (Lipinski definition) is 0. The smallest absolute Gasteiger partial charge is 0.191 e. The first-order valence-electron chi connectivity index (χ1n) is 8.14. The maximum Gasteiger partial charge on any atom is 0.191 e. The van der Waals surface area contributed by atoms with Crippen molar-refractivity contribution < 1.29 is 13.9 Å². The van der Waals surface area contributed by atoms with Gasteiger partial charge in [-0.1, -0.05) is 25.9 Å². The van der Waals surface area contributed by atoms with Gasteiger partial charge in [0.2, 0.25) is 0 Å². The van der Waals surface area contributed by atoms with E-state index in [1.165, 1.54) is 0 Å². The second kappa shape index (κ2) is 8.96. The molecule has 0 heterocycles. The second-order valence-electron chi connectivity index (χ2n) is 7.24. The fourth-order valence-electron chi connectivity index (χ4n) is 1.75. The summed E-state index contributed by atoms with van der Waals surface area (Å²) in [5.74, 6) is 1.55. The van der Waals surface area contributed by atoms with Crippen molar-refractivity contribution in [2.45, 2.75) is 51.4 Å². The Kier molecular flexibility index (Phi) is 7.60. The summed E-state index contributed by atoms with van der Waals surface area (Å²) in [5, 5.41) is 3.98. The molecule has 7 heteroatoms. The van der Waals surface area contributed by atoms with Crippen LogP contribution in [0.2, 0.25) is 18.1 Å². The lowest BCUT2D eigenvalue weighted by molar-refractivity contribution is 0.231. The Balaban J connectivity index is 2.49. The molecule has 0 fully saturated rings. The van der Waals surface area contributed by atoms with Gasteiger partial charge in [0.05, 0.1) is 19.8 Å². The van der Waals surface area contributed by atoms with Crippen LogP contribution in [-0.2, 0) is 4.43 Å². The van der Waals surface area contributed by atoms with Crippen LogP contribution in [0, 0.1) is 0 Å². The number of ether oxygens (including phenoxy) is 2. The summed E-state index contributed by atoms with van der Waals surface area (Å²) in [7, 11) is -0.221. The minimum absolute atomic E-state index is 0.132. The minimum atomic E-state index is -1.85. The predicted octanol–water partition coefficient (Wildman–Crippen LogP) is 5.16. The van der Waals surface area contributed by atoms with E-state index in [-0.39, 0.29) is 11.1 Å². The third kappa shape index (κ3) is 6.43. The predicted molar refractivity (Wildman–Crippen MR) is 99.2 cm³/mol. The topological polar surface area (TPSA) is 76.5 Å². The molecule has 0 amide bonds. The van der Waals surface area contributed by atoms with Crippen LogP contribution in [0.3, 0.4) is 0 Å². The summed E-state index contributed by atoms with van der Waals surface area (Å²) < 4.78 is 17.0. The van der Waals surface area contributed by atoms with Crippen molar-refractivity contribution >= 4 is 8.32 Å². The van der Waals surface area contributed by atoms with E-state index < -0.39 is 8.32 Å². The van der Waals surface area contributed by atoms with E-state index in [4.69, 9.17) is 19.4 Å². The van der Waals surface area contributed by atoms with Crippen molar-refractivity contribution in [2.24, 2.45) is 5.11 Å². The van der Waals surface area contributed by atoms with Crippen LogP contribution >= 0.6 is 0 Å². The SMILES string of the molecule is COc1ccc(OCC[C@H](CO[Si](C)(C)C(C)(C)C)N=[N+]=[N-])cc1. The normalized spacial score (nSPS) is 13.1. The highest BCUT2D eigenvalue weighted by atomic mass is 28.4. The van der Waals surface area contributed by atoms with E-state index in [9.17, 15) is 0 Å². The highest BCUT2D eigenvalue weighted by molar-refractivity contribution is 6.74. The Morgan fingerprint density at radius 2 is 1.75 bits per heavy atom. The molecule has 1 rings (SSSR count). The average Bonchev–Trinajstić information content (AvgIpc) is 2.52. The first-order valence-corrected chi connectivity index (χ1v) is 11.1. The molecule has 1 aromatic carbocycles. The van der Waals surface area contributed by atoms with Crippen molar-refractivity contribution in [1.82, 2.24) is 0 Å². The number of azide groups is 1. The van der Waals surface area contributed by atoms with Crippen LogP contribution in [0.5, 0.6) is 11.5 Å². The standard InChI is InChI=1S/C17H29N3O3Si/c1-17(2,3)24(5,6)23-13-14(19-20-18)11-12-22-16-9-7-15(21-4)8-10-16/h7-10,14H,11-13H2,1-6H3/t14-/m1/s1. The molecule has 0 aliphatic rings. The van der Waals surface area contributed by atoms with E-state index >= 15 is 0 Å². The highest BCUT2D eigenvalue weighted by Gasteiger charge is 2.37. The van der Waals surface area contributed by atoms with E-state index in [0.29, 0.717) is 19.6 Å². The first-order chi connectivity index (χ1) is 11.2. The molecule has 0 saturated heterocycles. The van der Waals surface area contributed by atoms with Crippen molar-refractivity contribution in [3.8, 4) is 11.5 Å². The molecule has 0 aliphatic heterocycles. The molecule has 6 nitrogen and oxygen atoms in total. The zero-order valence-corrected chi connectivity index (χ0v) is 16.6. The molecule has 0 bridgehead atoms.